The number of aromatic amines is 1. The Labute approximate surface area is 92.4 Å². The fourth-order valence-corrected chi connectivity index (χ4v) is 1.93. The van der Waals surface area contributed by atoms with Gasteiger partial charge in [0, 0.05) is 5.75 Å². The molecule has 0 aromatic carbocycles. The normalized spacial score (nSPS) is 12.7. The zero-order valence-corrected chi connectivity index (χ0v) is 9.60. The van der Waals surface area contributed by atoms with Gasteiger partial charge in [-0.25, -0.2) is 4.98 Å². The van der Waals surface area contributed by atoms with Crippen LogP contribution in [0.1, 0.15) is 12.2 Å². The summed E-state index contributed by atoms with van der Waals surface area (Å²) < 4.78 is 0. The highest BCUT2D eigenvalue weighted by Gasteiger charge is 2.12. The number of hydrogen-bond acceptors (Lipinski definition) is 5. The van der Waals surface area contributed by atoms with Crippen molar-refractivity contribution in [1.82, 2.24) is 20.5 Å². The molecule has 0 saturated heterocycles. The van der Waals surface area contributed by atoms with Crippen molar-refractivity contribution in [2.45, 2.75) is 24.5 Å². The van der Waals surface area contributed by atoms with Crippen LogP contribution in [0.2, 0.25) is 0 Å². The summed E-state index contributed by atoms with van der Waals surface area (Å²) >= 11 is 1.50. The number of thioether (sulfide) groups is 1. The lowest BCUT2D eigenvalue weighted by molar-refractivity contribution is -0.119. The molecule has 1 aromatic rings. The van der Waals surface area contributed by atoms with Crippen molar-refractivity contribution in [1.29, 1.82) is 0 Å². The molecule has 0 aliphatic carbocycles. The molecule has 0 bridgehead atoms. The molecule has 84 valence electrons. The van der Waals surface area contributed by atoms with E-state index in [1.165, 1.54) is 11.8 Å². The van der Waals surface area contributed by atoms with Gasteiger partial charge in [-0.1, -0.05) is 11.8 Å². The van der Waals surface area contributed by atoms with Crippen molar-refractivity contribution in [3.05, 3.63) is 5.82 Å². The number of aryl methyl sites for hydroxylation is 1. The van der Waals surface area contributed by atoms with Crippen LogP contribution in [0.3, 0.4) is 0 Å². The van der Waals surface area contributed by atoms with Crippen LogP contribution in [0.5, 0.6) is 0 Å². The number of carbonyl (C=O) groups is 1. The van der Waals surface area contributed by atoms with Crippen LogP contribution in [0.25, 0.3) is 0 Å². The number of primary amides is 1. The van der Waals surface area contributed by atoms with Crippen molar-refractivity contribution in [2.24, 2.45) is 5.73 Å². The molecule has 0 saturated carbocycles. The number of likely N-dealkylation sites (N-methyl/N-ethyl adjacent to an activating group) is 1. The molecule has 0 spiro atoms. The van der Waals surface area contributed by atoms with Gasteiger partial charge in [-0.3, -0.25) is 9.89 Å². The van der Waals surface area contributed by atoms with Crippen LogP contribution < -0.4 is 11.1 Å². The summed E-state index contributed by atoms with van der Waals surface area (Å²) in [5, 5.41) is 10.3. The lowest BCUT2D eigenvalue weighted by atomic mass is 10.2. The van der Waals surface area contributed by atoms with E-state index in [2.05, 4.69) is 20.5 Å². The van der Waals surface area contributed by atoms with Crippen molar-refractivity contribution < 1.29 is 4.79 Å². The number of H-pyrrole nitrogens is 1. The molecule has 1 amide bonds. The highest BCUT2D eigenvalue weighted by Crippen LogP contribution is 2.13. The number of hydrogen-bond donors (Lipinski definition) is 3. The molecule has 1 aromatic heterocycles. The third-order valence-electron chi connectivity index (χ3n) is 1.91. The lowest BCUT2D eigenvalue weighted by Gasteiger charge is -2.10. The largest absolute Gasteiger partial charge is 0.368 e. The summed E-state index contributed by atoms with van der Waals surface area (Å²) in [7, 11) is 1.72. The van der Waals surface area contributed by atoms with E-state index in [9.17, 15) is 4.79 Å². The molecule has 1 heterocycles. The van der Waals surface area contributed by atoms with Gasteiger partial charge >= 0.3 is 0 Å². The molecule has 15 heavy (non-hydrogen) atoms. The maximum Gasteiger partial charge on any atom is 0.234 e. The third-order valence-corrected chi connectivity index (χ3v) is 2.79. The van der Waals surface area contributed by atoms with E-state index < -0.39 is 0 Å². The van der Waals surface area contributed by atoms with Crippen LogP contribution in [-0.4, -0.2) is 39.9 Å². The minimum Gasteiger partial charge on any atom is -0.368 e. The number of amides is 1. The van der Waals surface area contributed by atoms with Gasteiger partial charge in [-0.2, -0.15) is 0 Å². The summed E-state index contributed by atoms with van der Waals surface area (Å²) in [6.07, 6.45) is 0.671. The molecule has 1 unspecified atom stereocenters. The molecule has 7 heteroatoms. The summed E-state index contributed by atoms with van der Waals surface area (Å²) in [5.74, 6) is 1.22. The van der Waals surface area contributed by atoms with Gasteiger partial charge < -0.3 is 11.1 Å². The molecule has 0 aliphatic rings. The summed E-state index contributed by atoms with van der Waals surface area (Å²) in [4.78, 5) is 15.0. The Balaban J connectivity index is 2.29. The third kappa shape index (κ3) is 3.88. The van der Waals surface area contributed by atoms with E-state index in [0.29, 0.717) is 11.6 Å². The van der Waals surface area contributed by atoms with Gasteiger partial charge in [0.2, 0.25) is 11.1 Å². The smallest absolute Gasteiger partial charge is 0.234 e. The molecule has 0 aliphatic heterocycles. The van der Waals surface area contributed by atoms with Crippen LogP contribution in [-0.2, 0) is 4.79 Å². The number of aromatic nitrogens is 3. The highest BCUT2D eigenvalue weighted by molar-refractivity contribution is 7.99. The van der Waals surface area contributed by atoms with E-state index in [1.54, 1.807) is 7.05 Å². The Morgan fingerprint density at radius 1 is 1.73 bits per heavy atom. The number of nitrogens with zero attached hydrogens (tertiary/aromatic N) is 2. The van der Waals surface area contributed by atoms with Gasteiger partial charge in [0.05, 0.1) is 6.04 Å². The maximum absolute atomic E-state index is 10.9. The van der Waals surface area contributed by atoms with E-state index in [0.717, 1.165) is 11.6 Å². The van der Waals surface area contributed by atoms with E-state index >= 15 is 0 Å². The highest BCUT2D eigenvalue weighted by atomic mass is 32.2. The second-order valence-corrected chi connectivity index (χ2v) is 4.15. The Morgan fingerprint density at radius 2 is 2.47 bits per heavy atom. The average Bonchev–Trinajstić information content (AvgIpc) is 2.58. The fraction of sp³-hybridized carbons (Fsp3) is 0.625. The molecule has 1 atom stereocenters. The predicted molar refractivity (Wildman–Crippen MR) is 58.5 cm³/mol. The second kappa shape index (κ2) is 5.72. The Bertz CT molecular complexity index is 327. The van der Waals surface area contributed by atoms with E-state index in [1.807, 2.05) is 6.92 Å². The minimum absolute atomic E-state index is 0.280. The molecule has 0 fully saturated rings. The number of rotatable bonds is 6. The first kappa shape index (κ1) is 12.0. The monoisotopic (exact) mass is 229 g/mol. The van der Waals surface area contributed by atoms with E-state index in [4.69, 9.17) is 5.73 Å². The molecule has 6 nitrogen and oxygen atoms in total. The summed E-state index contributed by atoms with van der Waals surface area (Å²) in [6, 6.07) is -0.280. The number of nitrogens with two attached hydrogens (primary N) is 1. The van der Waals surface area contributed by atoms with Crippen LogP contribution in [0.15, 0.2) is 5.16 Å². The van der Waals surface area contributed by atoms with Crippen LogP contribution in [0.4, 0.5) is 0 Å². The average molecular weight is 229 g/mol. The first-order valence-electron chi connectivity index (χ1n) is 4.62. The van der Waals surface area contributed by atoms with Gasteiger partial charge in [0.15, 0.2) is 0 Å². The predicted octanol–water partition coefficient (Wildman–Crippen LogP) is -0.331. The van der Waals surface area contributed by atoms with Crippen molar-refractivity contribution in [2.75, 3.05) is 12.8 Å². The van der Waals surface area contributed by atoms with Crippen molar-refractivity contribution >= 4 is 17.7 Å². The SMILES string of the molecule is CNC(CCSc1n[nH]c(C)n1)C(N)=O. The molecular weight excluding hydrogens is 214 g/mol. The Morgan fingerprint density at radius 3 is 2.93 bits per heavy atom. The van der Waals surface area contributed by atoms with Gasteiger partial charge in [-0.05, 0) is 20.4 Å². The number of carbonyl (C=O) groups excluding carboxylic acids is 1. The maximum atomic E-state index is 10.9. The topological polar surface area (TPSA) is 96.7 Å². The summed E-state index contributed by atoms with van der Waals surface area (Å²) in [5.41, 5.74) is 5.18. The first-order chi connectivity index (χ1) is 7.13. The number of nitrogens with one attached hydrogen (secondary N) is 2. The quantitative estimate of drug-likeness (QED) is 0.580. The van der Waals surface area contributed by atoms with Crippen molar-refractivity contribution in [3.63, 3.8) is 0 Å². The fourth-order valence-electron chi connectivity index (χ4n) is 1.08. The molecule has 0 radical (unpaired) electrons. The van der Waals surface area contributed by atoms with Crippen LogP contribution >= 0.6 is 11.8 Å². The van der Waals surface area contributed by atoms with Gasteiger partial charge in [-0.15, -0.1) is 5.10 Å². The Kier molecular flexibility index (Phi) is 4.57. The van der Waals surface area contributed by atoms with Crippen LogP contribution in [0, 0.1) is 6.92 Å². The zero-order chi connectivity index (χ0) is 11.3. The minimum atomic E-state index is -0.329. The standard InChI is InChI=1S/C8H15N5OS/c1-5-11-8(13-12-5)15-4-3-6(10-2)7(9)14/h6,10H,3-4H2,1-2H3,(H2,9,14)(H,11,12,13). The zero-order valence-electron chi connectivity index (χ0n) is 8.78. The van der Waals surface area contributed by atoms with Crippen molar-refractivity contribution in [3.8, 4) is 0 Å². The lowest BCUT2D eigenvalue weighted by Crippen LogP contribution is -2.39. The second-order valence-electron chi connectivity index (χ2n) is 3.08. The summed E-state index contributed by atoms with van der Waals surface area (Å²) in [6.45, 7) is 1.84. The van der Waals surface area contributed by atoms with E-state index in [-0.39, 0.29) is 11.9 Å². The molecule has 4 N–H and O–H groups in total. The molecular formula is C8H15N5OS. The first-order valence-corrected chi connectivity index (χ1v) is 5.60. The molecule has 1 rings (SSSR count). The van der Waals surface area contributed by atoms with Gasteiger partial charge in [0.25, 0.3) is 0 Å². The van der Waals surface area contributed by atoms with Gasteiger partial charge in [0.1, 0.15) is 5.82 Å². The Hall–Kier alpha value is -1.08.